The molecule has 0 unspecified atom stereocenters. The minimum Gasteiger partial charge on any atom is -0.456 e. The minimum atomic E-state index is -1.92. The molecule has 5 rings (SSSR count). The maximum absolute atomic E-state index is 13.6. The molecule has 0 aromatic rings. The summed E-state index contributed by atoms with van der Waals surface area (Å²) in [5.74, 6) is -3.84. The summed E-state index contributed by atoms with van der Waals surface area (Å²) in [5.41, 5.74) is 0. The summed E-state index contributed by atoms with van der Waals surface area (Å²) in [6.45, 7) is 14.4. The molecule has 0 aliphatic carbocycles. The molecule has 21 nitrogen and oxygen atoms in total. The largest absolute Gasteiger partial charge is 0.456 e. The fourth-order valence-electron chi connectivity index (χ4n) is 9.48. The van der Waals surface area contributed by atoms with Crippen LogP contribution in [0.15, 0.2) is 0 Å². The first-order valence-corrected chi connectivity index (χ1v) is 26.3. The molecular weight excluding hydrogens is 937 g/mol. The number of hydrogen-bond donors (Lipinski definition) is 7. The van der Waals surface area contributed by atoms with Crippen LogP contribution in [0.2, 0.25) is 0 Å². The molecule has 5 saturated heterocycles. The quantitative estimate of drug-likeness (QED) is 0.0747. The van der Waals surface area contributed by atoms with Crippen molar-refractivity contribution in [3.05, 3.63) is 0 Å². The van der Waals surface area contributed by atoms with Gasteiger partial charge in [-0.1, -0.05) is 78.6 Å². The lowest BCUT2D eigenvalue weighted by molar-refractivity contribution is -0.397. The van der Waals surface area contributed by atoms with Crippen LogP contribution in [0.4, 0.5) is 0 Å². The third-order valence-corrected chi connectivity index (χ3v) is 14.7. The molecule has 5 fully saturated rings. The van der Waals surface area contributed by atoms with Gasteiger partial charge in [-0.15, -0.1) is 0 Å². The van der Waals surface area contributed by atoms with Gasteiger partial charge in [-0.25, -0.2) is 0 Å². The van der Waals surface area contributed by atoms with E-state index in [0.29, 0.717) is 19.3 Å². The monoisotopic (exact) mass is 1020 g/mol. The Hall–Kier alpha value is -2.19. The molecule has 21 heteroatoms. The lowest BCUT2D eigenvalue weighted by Crippen LogP contribution is -2.67. The fourth-order valence-corrected chi connectivity index (χ4v) is 9.48. The van der Waals surface area contributed by atoms with Gasteiger partial charge in [0.25, 0.3) is 0 Å². The summed E-state index contributed by atoms with van der Waals surface area (Å²) in [4.78, 5) is 39.9. The van der Waals surface area contributed by atoms with Gasteiger partial charge in [0, 0.05) is 6.42 Å². The Bertz CT molecular complexity index is 1620. The Balaban J connectivity index is 1.47. The predicted molar refractivity (Wildman–Crippen MR) is 249 cm³/mol. The second-order valence-corrected chi connectivity index (χ2v) is 20.4. The molecule has 7 N–H and O–H groups in total. The van der Waals surface area contributed by atoms with Crippen LogP contribution in [-0.2, 0) is 66.5 Å². The van der Waals surface area contributed by atoms with Crippen LogP contribution in [-0.4, -0.2) is 189 Å². The summed E-state index contributed by atoms with van der Waals surface area (Å²) >= 11 is 0. The van der Waals surface area contributed by atoms with Gasteiger partial charge in [0.1, 0.15) is 48.8 Å². The maximum atomic E-state index is 13.6. The Morgan fingerprint density at radius 2 is 1.15 bits per heavy atom. The Labute approximate surface area is 418 Å². The van der Waals surface area contributed by atoms with Crippen molar-refractivity contribution in [2.45, 2.75) is 287 Å². The second kappa shape index (κ2) is 28.1. The Kier molecular flexibility index (Phi) is 23.6. The van der Waals surface area contributed by atoms with Crippen LogP contribution in [0, 0.1) is 11.8 Å². The fraction of sp³-hybridized carbons (Fsp3) is 0.940. The van der Waals surface area contributed by atoms with E-state index in [1.54, 1.807) is 20.8 Å². The van der Waals surface area contributed by atoms with E-state index in [0.717, 1.165) is 64.2 Å². The molecular formula is C50H86O21. The highest BCUT2D eigenvalue weighted by atomic mass is 16.8. The number of fused-ring (bicyclic) bond motifs is 3. The second-order valence-electron chi connectivity index (χ2n) is 20.4. The van der Waals surface area contributed by atoms with Gasteiger partial charge in [0.15, 0.2) is 49.6 Å². The van der Waals surface area contributed by atoms with Crippen molar-refractivity contribution in [1.29, 1.82) is 0 Å². The molecule has 0 saturated carbocycles. The first-order chi connectivity index (χ1) is 33.7. The number of carbonyl (C=O) groups is 3. The van der Waals surface area contributed by atoms with Gasteiger partial charge in [-0.2, -0.15) is 0 Å². The zero-order chi connectivity index (χ0) is 52.3. The van der Waals surface area contributed by atoms with E-state index in [4.69, 9.17) is 52.1 Å². The Morgan fingerprint density at radius 3 is 1.80 bits per heavy atom. The summed E-state index contributed by atoms with van der Waals surface area (Å²) < 4.78 is 67.9. The molecule has 5 aliphatic heterocycles. The summed E-state index contributed by atoms with van der Waals surface area (Å²) in [5, 5.41) is 79.2. The molecule has 0 amide bonds. The number of aliphatic hydroxyl groups is 7. The minimum absolute atomic E-state index is 0.0180. The van der Waals surface area contributed by atoms with Gasteiger partial charge in [-0.05, 0) is 67.2 Å². The van der Waals surface area contributed by atoms with Crippen LogP contribution in [0.3, 0.4) is 0 Å². The number of esters is 3. The first-order valence-electron chi connectivity index (χ1n) is 26.3. The van der Waals surface area contributed by atoms with Gasteiger partial charge >= 0.3 is 17.9 Å². The molecule has 71 heavy (non-hydrogen) atoms. The molecule has 412 valence electrons. The highest BCUT2D eigenvalue weighted by Crippen LogP contribution is 2.38. The molecule has 0 aromatic carbocycles. The topological polar surface area (TPSA) is 294 Å². The molecule has 2 bridgehead atoms. The highest BCUT2D eigenvalue weighted by molar-refractivity contribution is 5.73. The average Bonchev–Trinajstić information content (AvgIpc) is 3.33. The van der Waals surface area contributed by atoms with Crippen molar-refractivity contribution >= 4 is 17.9 Å². The van der Waals surface area contributed by atoms with Crippen molar-refractivity contribution in [1.82, 2.24) is 0 Å². The van der Waals surface area contributed by atoms with E-state index in [1.165, 1.54) is 34.6 Å². The third-order valence-electron chi connectivity index (χ3n) is 14.7. The standard InChI is InChI=1S/C50H86O21/c1-10-12-18-21-31-22-19-16-14-13-15-17-20-23-32(52)66-41-34(54)28(7)62-50(70-43-35(55)33(53)27(6)61-49(43)65-31)44(41)71-48-38(58)42(68-45(59)24(3)11-2)40(30(9)64-48)69-47-37(57)36(56)39(29(8)63-47)67-46(60)25(4)26(5)51/h24-31,33-44,47-51,53-58H,10-23H2,1-9H3/t24-,25+,26+,27+,28+,29+,30-,31+,33+,34+,35-,36+,37+,38+,39-,40-,41-,42-,43+,44+,47-,48-,49-,50-/m0/s1. The van der Waals surface area contributed by atoms with Crippen LogP contribution in [0.1, 0.15) is 152 Å². The zero-order valence-electron chi connectivity index (χ0n) is 43.1. The number of hydrogen-bond acceptors (Lipinski definition) is 21. The van der Waals surface area contributed by atoms with E-state index in [2.05, 4.69) is 6.92 Å². The van der Waals surface area contributed by atoms with E-state index in [-0.39, 0.29) is 12.5 Å². The summed E-state index contributed by atoms with van der Waals surface area (Å²) in [7, 11) is 0. The van der Waals surface area contributed by atoms with E-state index < -0.39 is 159 Å². The van der Waals surface area contributed by atoms with Gasteiger partial charge in [0.2, 0.25) is 0 Å². The summed E-state index contributed by atoms with van der Waals surface area (Å²) in [6.07, 6.45) is -20.1. The van der Waals surface area contributed by atoms with E-state index >= 15 is 0 Å². The number of ether oxygens (including phenoxy) is 11. The predicted octanol–water partition coefficient (Wildman–Crippen LogP) is 2.58. The van der Waals surface area contributed by atoms with Gasteiger partial charge < -0.3 is 87.9 Å². The molecule has 0 spiro atoms. The van der Waals surface area contributed by atoms with Crippen LogP contribution >= 0.6 is 0 Å². The lowest BCUT2D eigenvalue weighted by atomic mass is 9.95. The Morgan fingerprint density at radius 1 is 0.577 bits per heavy atom. The number of carbonyl (C=O) groups excluding carboxylic acids is 3. The number of rotatable bonds is 14. The molecule has 0 aromatic heterocycles. The van der Waals surface area contributed by atoms with Crippen LogP contribution < -0.4 is 0 Å². The normalized spacial score (nSPS) is 42.7. The molecule has 24 atom stereocenters. The number of aliphatic hydroxyl groups excluding tert-OH is 7. The molecule has 5 heterocycles. The molecule has 5 aliphatic rings. The first kappa shape index (κ1) is 59.7. The maximum Gasteiger partial charge on any atom is 0.311 e. The lowest BCUT2D eigenvalue weighted by Gasteiger charge is -2.50. The zero-order valence-corrected chi connectivity index (χ0v) is 43.1. The molecule has 0 radical (unpaired) electrons. The van der Waals surface area contributed by atoms with Crippen molar-refractivity contribution in [2.24, 2.45) is 11.8 Å². The van der Waals surface area contributed by atoms with Crippen molar-refractivity contribution in [3.63, 3.8) is 0 Å². The van der Waals surface area contributed by atoms with Crippen molar-refractivity contribution in [3.8, 4) is 0 Å². The van der Waals surface area contributed by atoms with Crippen molar-refractivity contribution < 1.29 is 102 Å². The van der Waals surface area contributed by atoms with Gasteiger partial charge in [0.05, 0.1) is 48.5 Å². The van der Waals surface area contributed by atoms with E-state index in [1.807, 2.05) is 0 Å². The SMILES string of the molecule is CCCCC[C@@H]1CCCCCCCCCC(=O)O[C@H]2[C@H](O)[C@@H](C)O[C@@H](O[C@H]3[C@H](O1)O[C@H](C)[C@@H](O)[C@@H]3O)[C@@H]2O[C@@H]1O[C@@H](C)[C@H](O[C@@H]2O[C@H](C)[C@H](OC(=O)[C@H](C)[C@@H](C)O)[C@H](O)[C@H]2O)[C@@H](OC(=O)[C@@H](C)CC)[C@H]1O. The van der Waals surface area contributed by atoms with Crippen molar-refractivity contribution in [2.75, 3.05) is 0 Å². The van der Waals surface area contributed by atoms with Crippen LogP contribution in [0.25, 0.3) is 0 Å². The third kappa shape index (κ3) is 15.7. The average molecular weight is 1020 g/mol. The van der Waals surface area contributed by atoms with E-state index in [9.17, 15) is 50.1 Å². The highest BCUT2D eigenvalue weighted by Gasteiger charge is 2.57. The van der Waals surface area contributed by atoms with Gasteiger partial charge in [-0.3, -0.25) is 14.4 Å². The smallest absolute Gasteiger partial charge is 0.311 e. The van der Waals surface area contributed by atoms with Crippen LogP contribution in [0.5, 0.6) is 0 Å². The summed E-state index contributed by atoms with van der Waals surface area (Å²) in [6, 6.07) is 0. The number of unbranched alkanes of at least 4 members (excludes halogenated alkanes) is 2.